The van der Waals surface area contributed by atoms with Gasteiger partial charge in [-0.1, -0.05) is 44.5 Å². The second-order valence-corrected chi connectivity index (χ2v) is 5.40. The molecule has 1 aromatic rings. The molecule has 1 rings (SSSR count). The summed E-state index contributed by atoms with van der Waals surface area (Å²) in [7, 11) is 1.77. The Balaban J connectivity index is 3.06. The molecule has 0 aromatic heterocycles. The van der Waals surface area contributed by atoms with Crippen molar-refractivity contribution in [1.29, 1.82) is 0 Å². The van der Waals surface area contributed by atoms with E-state index in [0.717, 1.165) is 17.1 Å². The van der Waals surface area contributed by atoms with Gasteiger partial charge < -0.3 is 10.1 Å². The molecule has 0 saturated heterocycles. The predicted molar refractivity (Wildman–Crippen MR) is 78.2 cm³/mol. The average molecular weight is 270 g/mol. The number of hydrogen-bond donors (Lipinski definition) is 1. The number of methoxy groups -OCH3 is 1. The van der Waals surface area contributed by atoms with Gasteiger partial charge in [-0.2, -0.15) is 0 Å². The van der Waals surface area contributed by atoms with Crippen LogP contribution in [-0.4, -0.2) is 19.8 Å². The number of likely N-dealkylation sites (N-methyl/N-ethyl adjacent to an activating group) is 1. The van der Waals surface area contributed by atoms with E-state index in [-0.39, 0.29) is 12.1 Å². The number of aryl methyl sites for hydroxylation is 1. The molecular formula is C15H24ClNO. The van der Waals surface area contributed by atoms with Gasteiger partial charge in [0.1, 0.15) is 0 Å². The summed E-state index contributed by atoms with van der Waals surface area (Å²) in [5, 5.41) is 4.31. The quantitative estimate of drug-likeness (QED) is 0.844. The summed E-state index contributed by atoms with van der Waals surface area (Å²) < 4.78 is 5.65. The normalized spacial score (nSPS) is 14.8. The SMILES string of the molecule is CCNC(c1ccc(C)c(Cl)c1)C(OC)C(C)C. The van der Waals surface area contributed by atoms with Crippen LogP contribution in [0.25, 0.3) is 0 Å². The van der Waals surface area contributed by atoms with Crippen LogP contribution >= 0.6 is 11.6 Å². The van der Waals surface area contributed by atoms with E-state index in [0.29, 0.717) is 5.92 Å². The van der Waals surface area contributed by atoms with Crippen molar-refractivity contribution in [2.24, 2.45) is 5.92 Å². The zero-order valence-corrected chi connectivity index (χ0v) is 12.7. The molecule has 0 fully saturated rings. The van der Waals surface area contributed by atoms with Gasteiger partial charge in [0.25, 0.3) is 0 Å². The lowest BCUT2D eigenvalue weighted by atomic mass is 9.93. The zero-order valence-electron chi connectivity index (χ0n) is 12.0. The van der Waals surface area contributed by atoms with Gasteiger partial charge in [-0.25, -0.2) is 0 Å². The topological polar surface area (TPSA) is 21.3 Å². The second kappa shape index (κ2) is 7.13. The van der Waals surface area contributed by atoms with Gasteiger partial charge in [0.15, 0.2) is 0 Å². The molecule has 0 bridgehead atoms. The minimum Gasteiger partial charge on any atom is -0.379 e. The number of hydrogen-bond acceptors (Lipinski definition) is 2. The Morgan fingerprint density at radius 3 is 2.44 bits per heavy atom. The highest BCUT2D eigenvalue weighted by atomic mass is 35.5. The smallest absolute Gasteiger partial charge is 0.0788 e. The van der Waals surface area contributed by atoms with Crippen LogP contribution in [0.3, 0.4) is 0 Å². The minimum absolute atomic E-state index is 0.142. The first-order chi connectivity index (χ1) is 8.51. The third-order valence-corrected chi connectivity index (χ3v) is 3.64. The molecule has 0 aliphatic carbocycles. The Kier molecular flexibility index (Phi) is 6.13. The molecule has 18 heavy (non-hydrogen) atoms. The lowest BCUT2D eigenvalue weighted by Gasteiger charge is -2.30. The van der Waals surface area contributed by atoms with Crippen molar-refractivity contribution in [3.8, 4) is 0 Å². The molecule has 2 nitrogen and oxygen atoms in total. The van der Waals surface area contributed by atoms with Gasteiger partial charge in [-0.05, 0) is 36.6 Å². The van der Waals surface area contributed by atoms with Crippen LogP contribution < -0.4 is 5.32 Å². The summed E-state index contributed by atoms with van der Waals surface area (Å²) in [4.78, 5) is 0. The summed E-state index contributed by atoms with van der Waals surface area (Å²) in [5.74, 6) is 0.444. The molecule has 0 amide bonds. The molecule has 2 atom stereocenters. The van der Waals surface area contributed by atoms with E-state index in [2.05, 4.69) is 38.2 Å². The van der Waals surface area contributed by atoms with E-state index >= 15 is 0 Å². The van der Waals surface area contributed by atoms with Crippen LogP contribution in [0.1, 0.15) is 37.9 Å². The molecule has 1 N–H and O–H groups in total. The maximum absolute atomic E-state index is 6.22. The molecule has 0 radical (unpaired) electrons. The van der Waals surface area contributed by atoms with Crippen LogP contribution in [0, 0.1) is 12.8 Å². The first-order valence-electron chi connectivity index (χ1n) is 6.53. The highest BCUT2D eigenvalue weighted by Gasteiger charge is 2.25. The maximum atomic E-state index is 6.22. The molecule has 0 aliphatic rings. The molecular weight excluding hydrogens is 246 g/mol. The fraction of sp³-hybridized carbons (Fsp3) is 0.600. The van der Waals surface area contributed by atoms with Crippen LogP contribution in [0.15, 0.2) is 18.2 Å². The Labute approximate surface area is 116 Å². The second-order valence-electron chi connectivity index (χ2n) is 4.99. The van der Waals surface area contributed by atoms with Gasteiger partial charge in [0.05, 0.1) is 12.1 Å². The molecule has 0 saturated carbocycles. The predicted octanol–water partition coefficient (Wildman–Crippen LogP) is 3.97. The summed E-state index contributed by atoms with van der Waals surface area (Å²) in [6, 6.07) is 6.41. The largest absolute Gasteiger partial charge is 0.379 e. The molecule has 1 aromatic carbocycles. The van der Waals surface area contributed by atoms with Crippen molar-refractivity contribution in [3.63, 3.8) is 0 Å². The number of halogens is 1. The number of rotatable bonds is 6. The van der Waals surface area contributed by atoms with E-state index in [1.807, 2.05) is 13.0 Å². The van der Waals surface area contributed by atoms with E-state index < -0.39 is 0 Å². The number of ether oxygens (including phenoxy) is 1. The fourth-order valence-corrected chi connectivity index (χ4v) is 2.43. The lowest BCUT2D eigenvalue weighted by Crippen LogP contribution is -2.36. The van der Waals surface area contributed by atoms with E-state index in [4.69, 9.17) is 16.3 Å². The summed E-state index contributed by atoms with van der Waals surface area (Å²) in [6.07, 6.45) is 0.142. The molecule has 0 heterocycles. The van der Waals surface area contributed by atoms with Crippen molar-refractivity contribution in [2.45, 2.75) is 39.8 Å². The third-order valence-electron chi connectivity index (χ3n) is 3.24. The van der Waals surface area contributed by atoms with Crippen LogP contribution in [0.4, 0.5) is 0 Å². The molecule has 0 spiro atoms. The Morgan fingerprint density at radius 1 is 1.33 bits per heavy atom. The van der Waals surface area contributed by atoms with Crippen LogP contribution in [0.2, 0.25) is 5.02 Å². The Morgan fingerprint density at radius 2 is 2.00 bits per heavy atom. The Bertz CT molecular complexity index is 379. The van der Waals surface area contributed by atoms with Gasteiger partial charge in [0.2, 0.25) is 0 Å². The van der Waals surface area contributed by atoms with Crippen molar-refractivity contribution in [2.75, 3.05) is 13.7 Å². The van der Waals surface area contributed by atoms with E-state index in [1.165, 1.54) is 5.56 Å². The standard InChI is InChI=1S/C15H24ClNO/c1-6-17-14(15(18-5)10(2)3)12-8-7-11(4)13(16)9-12/h7-10,14-15,17H,6H2,1-5H3. The van der Waals surface area contributed by atoms with Gasteiger partial charge in [0, 0.05) is 12.1 Å². The van der Waals surface area contributed by atoms with Crippen molar-refractivity contribution in [1.82, 2.24) is 5.32 Å². The fourth-order valence-electron chi connectivity index (χ4n) is 2.24. The lowest BCUT2D eigenvalue weighted by molar-refractivity contribution is 0.0331. The first kappa shape index (κ1) is 15.5. The van der Waals surface area contributed by atoms with Crippen molar-refractivity contribution >= 4 is 11.6 Å². The number of nitrogens with one attached hydrogen (secondary N) is 1. The average Bonchev–Trinajstić information content (AvgIpc) is 2.32. The van der Waals surface area contributed by atoms with Gasteiger partial charge in [-0.15, -0.1) is 0 Å². The molecule has 102 valence electrons. The highest BCUT2D eigenvalue weighted by molar-refractivity contribution is 6.31. The van der Waals surface area contributed by atoms with Crippen LogP contribution in [0.5, 0.6) is 0 Å². The summed E-state index contributed by atoms with van der Waals surface area (Å²) >= 11 is 6.22. The van der Waals surface area contributed by atoms with Gasteiger partial charge in [-0.3, -0.25) is 0 Å². The monoisotopic (exact) mass is 269 g/mol. The third kappa shape index (κ3) is 3.71. The van der Waals surface area contributed by atoms with Crippen molar-refractivity contribution < 1.29 is 4.74 Å². The van der Waals surface area contributed by atoms with E-state index in [1.54, 1.807) is 7.11 Å². The molecule has 3 heteroatoms. The minimum atomic E-state index is 0.142. The summed E-state index contributed by atoms with van der Waals surface area (Å²) in [6.45, 7) is 9.38. The maximum Gasteiger partial charge on any atom is 0.0788 e. The van der Waals surface area contributed by atoms with Crippen LogP contribution in [-0.2, 0) is 4.74 Å². The van der Waals surface area contributed by atoms with Crippen molar-refractivity contribution in [3.05, 3.63) is 34.3 Å². The summed E-state index contributed by atoms with van der Waals surface area (Å²) in [5.41, 5.74) is 2.29. The zero-order chi connectivity index (χ0) is 13.7. The van der Waals surface area contributed by atoms with E-state index in [9.17, 15) is 0 Å². The Hall–Kier alpha value is -0.570. The highest BCUT2D eigenvalue weighted by Crippen LogP contribution is 2.27. The molecule has 2 unspecified atom stereocenters. The molecule has 0 aliphatic heterocycles. The number of benzene rings is 1. The van der Waals surface area contributed by atoms with Gasteiger partial charge >= 0.3 is 0 Å². The first-order valence-corrected chi connectivity index (χ1v) is 6.91.